The number of amides is 1. The lowest BCUT2D eigenvalue weighted by Crippen LogP contribution is -2.49. The first-order chi connectivity index (χ1) is 12.6. The van der Waals surface area contributed by atoms with Gasteiger partial charge in [0.15, 0.2) is 5.69 Å². The molecule has 2 aromatic rings. The van der Waals surface area contributed by atoms with Crippen LogP contribution in [0.25, 0.3) is 11.4 Å². The fraction of sp³-hybridized carbons (Fsp3) is 0.421. The smallest absolute Gasteiger partial charge is 0.296 e. The maximum atomic E-state index is 13.0. The molecule has 138 valence electrons. The first-order valence-electron chi connectivity index (χ1n) is 8.78. The molecule has 7 heteroatoms. The minimum atomic E-state index is -0.364. The predicted octanol–water partition coefficient (Wildman–Crippen LogP) is 1.23. The van der Waals surface area contributed by atoms with Crippen molar-refractivity contribution < 1.29 is 9.53 Å². The quantitative estimate of drug-likeness (QED) is 0.824. The van der Waals surface area contributed by atoms with Gasteiger partial charge in [-0.15, -0.1) is 0 Å². The third kappa shape index (κ3) is 3.35. The molecule has 1 amide bonds. The van der Waals surface area contributed by atoms with Gasteiger partial charge >= 0.3 is 0 Å². The van der Waals surface area contributed by atoms with Crippen molar-refractivity contribution in [2.45, 2.75) is 6.92 Å². The van der Waals surface area contributed by atoms with Crippen molar-refractivity contribution in [3.63, 3.8) is 0 Å². The van der Waals surface area contributed by atoms with E-state index in [2.05, 4.69) is 16.8 Å². The van der Waals surface area contributed by atoms with Crippen LogP contribution in [0.3, 0.4) is 0 Å². The van der Waals surface area contributed by atoms with Gasteiger partial charge in [-0.25, -0.2) is 4.98 Å². The number of rotatable bonds is 4. The Balaban J connectivity index is 2.02. The van der Waals surface area contributed by atoms with Crippen molar-refractivity contribution >= 4 is 5.91 Å². The number of nitrogens with zero attached hydrogens (tertiary/aromatic N) is 4. The Morgan fingerprint density at radius 2 is 1.81 bits per heavy atom. The Kier molecular flexibility index (Phi) is 5.37. The molecule has 1 aliphatic heterocycles. The molecule has 1 aromatic heterocycles. The minimum Gasteiger partial charge on any atom is -0.489 e. The van der Waals surface area contributed by atoms with Gasteiger partial charge in [-0.3, -0.25) is 14.2 Å². The molecule has 0 aliphatic carbocycles. The standard InChI is InChI=1S/C19H24N4O3/c1-4-22-10-12-23(13-11-22)18(24)15-16(26-3)19(25)21(2)17(20-15)14-8-6-5-7-9-14/h5-9H,4,10-13H2,1-3H3. The zero-order valence-corrected chi connectivity index (χ0v) is 15.4. The Hall–Kier alpha value is -2.67. The summed E-state index contributed by atoms with van der Waals surface area (Å²) < 4.78 is 6.66. The van der Waals surface area contributed by atoms with Crippen molar-refractivity contribution in [1.82, 2.24) is 19.4 Å². The molecule has 0 saturated carbocycles. The lowest BCUT2D eigenvalue weighted by Gasteiger charge is -2.34. The lowest BCUT2D eigenvalue weighted by atomic mass is 10.2. The second-order valence-electron chi connectivity index (χ2n) is 6.27. The molecule has 26 heavy (non-hydrogen) atoms. The average molecular weight is 356 g/mol. The number of aromatic nitrogens is 2. The second-order valence-corrected chi connectivity index (χ2v) is 6.27. The molecule has 0 spiro atoms. The van der Waals surface area contributed by atoms with Gasteiger partial charge in [0.25, 0.3) is 11.5 Å². The highest BCUT2D eigenvalue weighted by molar-refractivity contribution is 5.95. The number of carbonyl (C=O) groups is 1. The van der Waals surface area contributed by atoms with E-state index < -0.39 is 0 Å². The van der Waals surface area contributed by atoms with E-state index in [1.54, 1.807) is 11.9 Å². The van der Waals surface area contributed by atoms with E-state index in [9.17, 15) is 9.59 Å². The largest absolute Gasteiger partial charge is 0.489 e. The SMILES string of the molecule is CCN1CCN(C(=O)c2nc(-c3ccccc3)n(C)c(=O)c2OC)CC1. The van der Waals surface area contributed by atoms with Crippen molar-refractivity contribution in [2.75, 3.05) is 39.8 Å². The molecule has 0 atom stereocenters. The molecule has 1 saturated heterocycles. The predicted molar refractivity (Wildman–Crippen MR) is 99.5 cm³/mol. The summed E-state index contributed by atoms with van der Waals surface area (Å²) in [6.07, 6.45) is 0. The van der Waals surface area contributed by atoms with E-state index >= 15 is 0 Å². The lowest BCUT2D eigenvalue weighted by molar-refractivity contribution is 0.0633. The van der Waals surface area contributed by atoms with Crippen molar-refractivity contribution in [3.05, 3.63) is 46.4 Å². The highest BCUT2D eigenvalue weighted by Gasteiger charge is 2.28. The van der Waals surface area contributed by atoms with Gasteiger partial charge in [0.2, 0.25) is 5.75 Å². The first kappa shape index (κ1) is 18.1. The number of methoxy groups -OCH3 is 1. The Labute approximate surface area is 152 Å². The summed E-state index contributed by atoms with van der Waals surface area (Å²) >= 11 is 0. The minimum absolute atomic E-state index is 0.00453. The van der Waals surface area contributed by atoms with Crippen LogP contribution < -0.4 is 10.3 Å². The summed E-state index contributed by atoms with van der Waals surface area (Å²) in [5.74, 6) is 0.189. The number of carbonyl (C=O) groups excluding carboxylic acids is 1. The van der Waals surface area contributed by atoms with E-state index in [0.717, 1.165) is 25.2 Å². The number of hydrogen-bond donors (Lipinski definition) is 0. The molecular weight excluding hydrogens is 332 g/mol. The number of benzene rings is 1. The average Bonchev–Trinajstić information content (AvgIpc) is 2.70. The maximum absolute atomic E-state index is 13.0. The highest BCUT2D eigenvalue weighted by Crippen LogP contribution is 2.21. The summed E-state index contributed by atoms with van der Waals surface area (Å²) in [4.78, 5) is 34.3. The third-order valence-corrected chi connectivity index (χ3v) is 4.79. The van der Waals surface area contributed by atoms with E-state index in [1.807, 2.05) is 30.3 Å². The van der Waals surface area contributed by atoms with Crippen LogP contribution in [0.2, 0.25) is 0 Å². The molecule has 0 bridgehead atoms. The van der Waals surface area contributed by atoms with E-state index in [1.165, 1.54) is 11.7 Å². The number of hydrogen-bond acceptors (Lipinski definition) is 5. The molecular formula is C19H24N4O3. The first-order valence-corrected chi connectivity index (χ1v) is 8.78. The molecule has 1 aliphatic rings. The van der Waals surface area contributed by atoms with Gasteiger partial charge in [0.05, 0.1) is 7.11 Å². The van der Waals surface area contributed by atoms with Gasteiger partial charge in [-0.2, -0.15) is 0 Å². The molecule has 0 radical (unpaired) electrons. The van der Waals surface area contributed by atoms with Gasteiger partial charge < -0.3 is 14.5 Å². The van der Waals surface area contributed by atoms with Gasteiger partial charge in [-0.05, 0) is 6.54 Å². The van der Waals surface area contributed by atoms with Crippen LogP contribution >= 0.6 is 0 Å². The van der Waals surface area contributed by atoms with Crippen LogP contribution in [0.1, 0.15) is 17.4 Å². The zero-order valence-electron chi connectivity index (χ0n) is 15.4. The van der Waals surface area contributed by atoms with Gasteiger partial charge in [0.1, 0.15) is 5.82 Å². The Morgan fingerprint density at radius 3 is 2.38 bits per heavy atom. The Bertz CT molecular complexity index is 840. The van der Waals surface area contributed by atoms with Crippen LogP contribution in [0.5, 0.6) is 5.75 Å². The number of ether oxygens (including phenoxy) is 1. The van der Waals surface area contributed by atoms with Crippen molar-refractivity contribution in [1.29, 1.82) is 0 Å². The summed E-state index contributed by atoms with van der Waals surface area (Å²) in [5.41, 5.74) is 0.496. The molecule has 2 heterocycles. The maximum Gasteiger partial charge on any atom is 0.296 e. The van der Waals surface area contributed by atoms with Crippen LogP contribution in [0, 0.1) is 0 Å². The van der Waals surface area contributed by atoms with Crippen LogP contribution in [-0.4, -0.2) is 65.1 Å². The van der Waals surface area contributed by atoms with E-state index in [4.69, 9.17) is 4.74 Å². The van der Waals surface area contributed by atoms with Gasteiger partial charge in [0, 0.05) is 38.8 Å². The van der Waals surface area contributed by atoms with Crippen LogP contribution in [0.4, 0.5) is 0 Å². The zero-order chi connectivity index (χ0) is 18.7. The summed E-state index contributed by atoms with van der Waals surface area (Å²) in [5, 5.41) is 0. The molecule has 1 aromatic carbocycles. The van der Waals surface area contributed by atoms with Crippen LogP contribution in [0.15, 0.2) is 35.1 Å². The topological polar surface area (TPSA) is 67.7 Å². The van der Waals surface area contributed by atoms with Crippen molar-refractivity contribution in [3.8, 4) is 17.1 Å². The monoisotopic (exact) mass is 356 g/mol. The summed E-state index contributed by atoms with van der Waals surface area (Å²) in [6, 6.07) is 9.36. The molecule has 7 nitrogen and oxygen atoms in total. The molecule has 0 N–H and O–H groups in total. The molecule has 1 fully saturated rings. The fourth-order valence-electron chi connectivity index (χ4n) is 3.17. The fourth-order valence-corrected chi connectivity index (χ4v) is 3.17. The van der Waals surface area contributed by atoms with E-state index in [0.29, 0.717) is 18.9 Å². The Morgan fingerprint density at radius 1 is 1.15 bits per heavy atom. The molecule has 0 unspecified atom stereocenters. The normalized spacial score (nSPS) is 15.1. The highest BCUT2D eigenvalue weighted by atomic mass is 16.5. The molecule has 3 rings (SSSR count). The second kappa shape index (κ2) is 7.70. The summed E-state index contributed by atoms with van der Waals surface area (Å²) in [7, 11) is 3.03. The number of likely N-dealkylation sites (N-methyl/N-ethyl adjacent to an activating group) is 1. The summed E-state index contributed by atoms with van der Waals surface area (Å²) in [6.45, 7) is 5.95. The van der Waals surface area contributed by atoms with Crippen molar-refractivity contribution in [2.24, 2.45) is 7.05 Å². The third-order valence-electron chi connectivity index (χ3n) is 4.79. The van der Waals surface area contributed by atoms with Crippen LogP contribution in [-0.2, 0) is 7.05 Å². The number of piperazine rings is 1. The van der Waals surface area contributed by atoms with Gasteiger partial charge in [-0.1, -0.05) is 37.3 Å². The van der Waals surface area contributed by atoms with E-state index in [-0.39, 0.29) is 22.9 Å².